The Labute approximate surface area is 181 Å². The number of rotatable bonds is 4. The van der Waals surface area contributed by atoms with Crippen molar-refractivity contribution in [3.05, 3.63) is 34.9 Å². The first-order valence-electron chi connectivity index (χ1n) is 10.4. The molecule has 4 rings (SSSR count). The maximum atomic E-state index is 13.6. The summed E-state index contributed by atoms with van der Waals surface area (Å²) < 4.78 is 4.96. The van der Waals surface area contributed by atoms with Crippen LogP contribution in [0.25, 0.3) is 0 Å². The zero-order valence-electron chi connectivity index (χ0n) is 17.4. The third kappa shape index (κ3) is 3.10. The van der Waals surface area contributed by atoms with Crippen molar-refractivity contribution in [3.8, 4) is 0 Å². The van der Waals surface area contributed by atoms with Gasteiger partial charge in [-0.1, -0.05) is 30.2 Å². The van der Waals surface area contributed by atoms with Gasteiger partial charge in [-0.05, 0) is 43.4 Å². The summed E-state index contributed by atoms with van der Waals surface area (Å²) in [4.78, 5) is 45.7. The zero-order valence-corrected chi connectivity index (χ0v) is 18.1. The number of amides is 2. The molecule has 1 spiro atoms. The van der Waals surface area contributed by atoms with E-state index in [2.05, 4.69) is 0 Å². The molecule has 162 valence electrons. The highest BCUT2D eigenvalue weighted by Crippen LogP contribution is 2.48. The van der Waals surface area contributed by atoms with E-state index in [1.165, 1.54) is 19.3 Å². The summed E-state index contributed by atoms with van der Waals surface area (Å²) in [5, 5.41) is 1.99. The average Bonchev–Trinajstić information content (AvgIpc) is 2.99. The van der Waals surface area contributed by atoms with E-state index in [4.69, 9.17) is 21.2 Å². The molecule has 0 aromatic heterocycles. The first-order valence-corrected chi connectivity index (χ1v) is 10.8. The van der Waals surface area contributed by atoms with Gasteiger partial charge in [0.05, 0.1) is 31.1 Å². The number of carbonyl (C=O) groups is 3. The van der Waals surface area contributed by atoms with Crippen LogP contribution < -0.4 is 0 Å². The lowest BCUT2D eigenvalue weighted by atomic mass is 9.63. The van der Waals surface area contributed by atoms with Gasteiger partial charge in [-0.2, -0.15) is 0 Å². The normalized spacial score (nSPS) is 24.6. The molecule has 1 atom stereocenters. The highest BCUT2D eigenvalue weighted by atomic mass is 35.5. The number of likely N-dealkylation sites (tertiary alicyclic amines) is 1. The molecule has 8 heteroatoms. The number of esters is 1. The monoisotopic (exact) mass is 434 g/mol. The molecule has 0 bridgehead atoms. The molecule has 1 saturated carbocycles. The van der Waals surface area contributed by atoms with E-state index in [1.807, 2.05) is 29.2 Å². The quantitative estimate of drug-likeness (QED) is 0.681. The molecule has 1 aromatic carbocycles. The van der Waals surface area contributed by atoms with Crippen LogP contribution in [0.1, 0.15) is 44.1 Å². The van der Waals surface area contributed by atoms with E-state index >= 15 is 0 Å². The number of piperidine rings is 1. The van der Waals surface area contributed by atoms with Gasteiger partial charge in [0.1, 0.15) is 0 Å². The summed E-state index contributed by atoms with van der Waals surface area (Å²) in [6.07, 6.45) is 3.69. The predicted molar refractivity (Wildman–Crippen MR) is 110 cm³/mol. The third-order valence-corrected chi connectivity index (χ3v) is 7.51. The van der Waals surface area contributed by atoms with E-state index in [0.717, 1.165) is 24.8 Å². The minimum Gasteiger partial charge on any atom is -0.469 e. The number of benzene rings is 1. The lowest BCUT2D eigenvalue weighted by Gasteiger charge is -2.49. The molecular weight excluding hydrogens is 408 g/mol. The fourth-order valence-electron chi connectivity index (χ4n) is 5.44. The Hall–Kier alpha value is -2.12. The van der Waals surface area contributed by atoms with Crippen LogP contribution in [0.5, 0.6) is 0 Å². The summed E-state index contributed by atoms with van der Waals surface area (Å²) in [7, 11) is 2.78. The fraction of sp³-hybridized carbons (Fsp3) is 0.591. The number of nitrogens with zero attached hydrogens (tertiary/aromatic N) is 2. The van der Waals surface area contributed by atoms with Crippen molar-refractivity contribution in [1.82, 2.24) is 9.96 Å². The number of ether oxygens (including phenoxy) is 1. The molecule has 0 N–H and O–H groups in total. The Balaban J connectivity index is 1.54. The van der Waals surface area contributed by atoms with Crippen molar-refractivity contribution >= 4 is 29.4 Å². The summed E-state index contributed by atoms with van der Waals surface area (Å²) in [5.41, 5.74) is -0.253. The summed E-state index contributed by atoms with van der Waals surface area (Å²) >= 11 is 6.03. The lowest BCUT2D eigenvalue weighted by molar-refractivity contribution is -0.210. The second-order valence-corrected chi connectivity index (χ2v) is 8.93. The minimum absolute atomic E-state index is 0.0726. The van der Waals surface area contributed by atoms with Crippen molar-refractivity contribution in [2.24, 2.45) is 5.92 Å². The molecule has 3 fully saturated rings. The number of hydrogen-bond donors (Lipinski definition) is 0. The Bertz CT molecular complexity index is 842. The van der Waals surface area contributed by atoms with Gasteiger partial charge in [0.2, 0.25) is 11.8 Å². The fourth-order valence-corrected chi connectivity index (χ4v) is 5.57. The smallest absolute Gasteiger partial charge is 0.311 e. The van der Waals surface area contributed by atoms with E-state index in [0.29, 0.717) is 31.0 Å². The molecule has 30 heavy (non-hydrogen) atoms. The van der Waals surface area contributed by atoms with Crippen molar-refractivity contribution in [2.45, 2.75) is 49.5 Å². The molecule has 1 aromatic rings. The maximum absolute atomic E-state index is 13.6. The molecule has 3 aliphatic rings. The van der Waals surface area contributed by atoms with E-state index in [1.54, 1.807) is 0 Å². The maximum Gasteiger partial charge on any atom is 0.311 e. The van der Waals surface area contributed by atoms with Crippen LogP contribution in [0.4, 0.5) is 0 Å². The van der Waals surface area contributed by atoms with Crippen LogP contribution in [-0.4, -0.2) is 60.6 Å². The number of carbonyl (C=O) groups excluding carboxylic acids is 3. The Morgan fingerprint density at radius 2 is 1.70 bits per heavy atom. The Morgan fingerprint density at radius 1 is 1.07 bits per heavy atom. The first-order chi connectivity index (χ1) is 14.4. The summed E-state index contributed by atoms with van der Waals surface area (Å²) in [5.74, 6) is -1.08. The first kappa shape index (κ1) is 21.1. The molecule has 2 amide bonds. The molecule has 2 saturated heterocycles. The van der Waals surface area contributed by atoms with Crippen LogP contribution in [0.2, 0.25) is 5.02 Å². The van der Waals surface area contributed by atoms with Gasteiger partial charge < -0.3 is 9.64 Å². The van der Waals surface area contributed by atoms with Gasteiger partial charge in [-0.25, -0.2) is 5.06 Å². The highest BCUT2D eigenvalue weighted by molar-refractivity contribution is 6.30. The van der Waals surface area contributed by atoms with Gasteiger partial charge in [-0.15, -0.1) is 0 Å². The van der Waals surface area contributed by atoms with Crippen molar-refractivity contribution < 1.29 is 24.0 Å². The van der Waals surface area contributed by atoms with E-state index < -0.39 is 22.8 Å². The van der Waals surface area contributed by atoms with E-state index in [-0.39, 0.29) is 18.2 Å². The van der Waals surface area contributed by atoms with E-state index in [9.17, 15) is 14.4 Å². The van der Waals surface area contributed by atoms with Gasteiger partial charge in [0.25, 0.3) is 0 Å². The number of hydroxylamine groups is 2. The van der Waals surface area contributed by atoms with Crippen LogP contribution >= 0.6 is 11.6 Å². The number of halogens is 1. The van der Waals surface area contributed by atoms with Gasteiger partial charge in [0, 0.05) is 24.5 Å². The van der Waals surface area contributed by atoms with Crippen molar-refractivity contribution in [1.29, 1.82) is 0 Å². The second-order valence-electron chi connectivity index (χ2n) is 8.49. The Morgan fingerprint density at radius 3 is 2.20 bits per heavy atom. The van der Waals surface area contributed by atoms with Crippen LogP contribution in [0, 0.1) is 5.92 Å². The van der Waals surface area contributed by atoms with Crippen LogP contribution in [-0.2, 0) is 29.4 Å². The third-order valence-electron chi connectivity index (χ3n) is 7.26. The van der Waals surface area contributed by atoms with Crippen LogP contribution in [0.3, 0.4) is 0 Å². The van der Waals surface area contributed by atoms with Gasteiger partial charge in [-0.3, -0.25) is 19.2 Å². The molecule has 0 unspecified atom stereocenters. The standard InChI is InChI=1S/C22H27ClN2O5/c1-29-19(27)17-14-18(26)25(30-2)22(17)10-12-24(13-11-22)20(28)21(8-3-9-21)15-4-6-16(23)7-5-15/h4-7,17H,3,8-14H2,1-2H3/t17-/m1/s1. The number of hydrogen-bond acceptors (Lipinski definition) is 5. The summed E-state index contributed by atoms with van der Waals surface area (Å²) in [6.45, 7) is 0.934. The number of methoxy groups -OCH3 is 1. The highest BCUT2D eigenvalue weighted by Gasteiger charge is 2.59. The summed E-state index contributed by atoms with van der Waals surface area (Å²) in [6, 6.07) is 7.55. The van der Waals surface area contributed by atoms with Gasteiger partial charge in [0.15, 0.2) is 0 Å². The average molecular weight is 435 g/mol. The topological polar surface area (TPSA) is 76.2 Å². The largest absolute Gasteiger partial charge is 0.469 e. The predicted octanol–water partition coefficient (Wildman–Crippen LogP) is 2.71. The second kappa shape index (κ2) is 7.85. The Kier molecular flexibility index (Phi) is 5.53. The molecule has 1 aliphatic carbocycles. The lowest BCUT2D eigenvalue weighted by Crippen LogP contribution is -2.60. The van der Waals surface area contributed by atoms with Gasteiger partial charge >= 0.3 is 5.97 Å². The van der Waals surface area contributed by atoms with Crippen LogP contribution in [0.15, 0.2) is 24.3 Å². The SMILES string of the molecule is COC(=O)[C@H]1CC(=O)N(OC)C12CCN(C(=O)C1(c3ccc(Cl)cc3)CCC1)CC2. The van der Waals surface area contributed by atoms with Crippen molar-refractivity contribution in [3.63, 3.8) is 0 Å². The molecule has 7 nitrogen and oxygen atoms in total. The molecule has 0 radical (unpaired) electrons. The minimum atomic E-state index is -0.761. The molecular formula is C22H27ClN2O5. The zero-order chi connectivity index (χ0) is 21.5. The van der Waals surface area contributed by atoms with Crippen molar-refractivity contribution in [2.75, 3.05) is 27.3 Å². The molecule has 2 heterocycles. The molecule has 2 aliphatic heterocycles.